The number of hydrogen-bond donors (Lipinski definition) is 3. The number of aliphatic hydroxyl groups is 1. The Hall–Kier alpha value is -1.02. The number of phenols is 1. The molecule has 1 aliphatic heterocycles. The molecule has 1 aliphatic rings. The zero-order valence-electron chi connectivity index (χ0n) is 13.7. The van der Waals surface area contributed by atoms with Crippen LogP contribution in [0.5, 0.6) is 5.75 Å². The highest BCUT2D eigenvalue weighted by molar-refractivity contribution is 14.0. The van der Waals surface area contributed by atoms with Crippen LogP contribution in [0.3, 0.4) is 0 Å². The number of aliphatic imine (C=N–C) groups is 1. The van der Waals surface area contributed by atoms with Gasteiger partial charge >= 0.3 is 0 Å². The summed E-state index contributed by atoms with van der Waals surface area (Å²) in [5.41, 5.74) is 1.22. The van der Waals surface area contributed by atoms with Gasteiger partial charge in [-0.2, -0.15) is 0 Å². The van der Waals surface area contributed by atoms with Crippen LogP contribution in [0.2, 0.25) is 0 Å². The number of halogens is 1. The second kappa shape index (κ2) is 10.7. The molecular weight excluding hydrogens is 405 g/mol. The number of rotatable bonds is 5. The van der Waals surface area contributed by atoms with Gasteiger partial charge in [-0.3, -0.25) is 4.99 Å². The van der Waals surface area contributed by atoms with Gasteiger partial charge < -0.3 is 20.4 Å². The molecule has 3 N–H and O–H groups in total. The maximum Gasteiger partial charge on any atom is 0.193 e. The molecule has 6 heteroatoms. The standard InChI is InChI=1S/C17H27N3O2.HI/c1-2-18-17(20-12-9-16(22)10-13-20)19-11-3-4-14-5-7-15(21)8-6-14;/h5-8,16,21-22H,2-4,9-13H2,1H3,(H,18,19);1H. The molecule has 0 unspecified atom stereocenters. The maximum absolute atomic E-state index is 9.59. The lowest BCUT2D eigenvalue weighted by Crippen LogP contribution is -2.46. The van der Waals surface area contributed by atoms with Crippen molar-refractivity contribution in [1.82, 2.24) is 10.2 Å². The number of likely N-dealkylation sites (tertiary alicyclic amines) is 1. The lowest BCUT2D eigenvalue weighted by molar-refractivity contribution is 0.108. The molecule has 1 heterocycles. The van der Waals surface area contributed by atoms with Gasteiger partial charge in [-0.1, -0.05) is 12.1 Å². The quantitative estimate of drug-likeness (QED) is 0.289. The fourth-order valence-corrected chi connectivity index (χ4v) is 2.63. The van der Waals surface area contributed by atoms with Crippen molar-refractivity contribution in [3.05, 3.63) is 29.8 Å². The highest BCUT2D eigenvalue weighted by Gasteiger charge is 2.19. The third-order valence-corrected chi connectivity index (χ3v) is 3.92. The summed E-state index contributed by atoms with van der Waals surface area (Å²) in [6.45, 7) is 5.44. The molecule has 0 amide bonds. The average molecular weight is 433 g/mol. The molecule has 0 saturated carbocycles. The van der Waals surface area contributed by atoms with Crippen LogP contribution in [0, 0.1) is 0 Å². The number of nitrogens with zero attached hydrogens (tertiary/aromatic N) is 2. The minimum absolute atomic E-state index is 0. The molecule has 130 valence electrons. The number of guanidine groups is 1. The van der Waals surface area contributed by atoms with E-state index in [0.717, 1.165) is 57.8 Å². The van der Waals surface area contributed by atoms with Crippen LogP contribution in [0.15, 0.2) is 29.3 Å². The summed E-state index contributed by atoms with van der Waals surface area (Å²) in [6, 6.07) is 7.36. The van der Waals surface area contributed by atoms with Crippen LogP contribution in [-0.4, -0.2) is 53.4 Å². The van der Waals surface area contributed by atoms with Crippen LogP contribution in [0.25, 0.3) is 0 Å². The van der Waals surface area contributed by atoms with Crippen LogP contribution < -0.4 is 5.32 Å². The fraction of sp³-hybridized carbons (Fsp3) is 0.588. The summed E-state index contributed by atoms with van der Waals surface area (Å²) in [4.78, 5) is 6.93. The number of hydrogen-bond acceptors (Lipinski definition) is 3. The molecule has 5 nitrogen and oxygen atoms in total. The van der Waals surface area contributed by atoms with Crippen molar-refractivity contribution in [2.75, 3.05) is 26.2 Å². The molecule has 23 heavy (non-hydrogen) atoms. The van der Waals surface area contributed by atoms with Gasteiger partial charge in [0.25, 0.3) is 0 Å². The van der Waals surface area contributed by atoms with Crippen molar-refractivity contribution in [3.8, 4) is 5.75 Å². The summed E-state index contributed by atoms with van der Waals surface area (Å²) in [6.07, 6.45) is 3.42. The Morgan fingerprint density at radius 3 is 2.52 bits per heavy atom. The second-order valence-corrected chi connectivity index (χ2v) is 5.72. The minimum Gasteiger partial charge on any atom is -0.508 e. The van der Waals surface area contributed by atoms with Gasteiger partial charge in [0.15, 0.2) is 5.96 Å². The SMILES string of the molecule is CCNC(=NCCCc1ccc(O)cc1)N1CCC(O)CC1.I. The summed E-state index contributed by atoms with van der Waals surface area (Å²) < 4.78 is 0. The first kappa shape index (κ1) is 20.0. The number of nitrogens with one attached hydrogen (secondary N) is 1. The third-order valence-electron chi connectivity index (χ3n) is 3.92. The van der Waals surface area contributed by atoms with Gasteiger partial charge in [-0.05, 0) is 50.3 Å². The van der Waals surface area contributed by atoms with Gasteiger partial charge in [0.2, 0.25) is 0 Å². The largest absolute Gasteiger partial charge is 0.508 e. The average Bonchev–Trinajstić information content (AvgIpc) is 2.53. The van der Waals surface area contributed by atoms with Crippen molar-refractivity contribution in [2.45, 2.75) is 38.7 Å². The van der Waals surface area contributed by atoms with Gasteiger partial charge in [-0.25, -0.2) is 0 Å². The number of phenolic OH excluding ortho intramolecular Hbond substituents is 1. The van der Waals surface area contributed by atoms with Crippen molar-refractivity contribution in [1.29, 1.82) is 0 Å². The molecule has 0 spiro atoms. The predicted molar refractivity (Wildman–Crippen MR) is 105 cm³/mol. The van der Waals surface area contributed by atoms with E-state index in [-0.39, 0.29) is 30.1 Å². The van der Waals surface area contributed by atoms with E-state index < -0.39 is 0 Å². The van der Waals surface area contributed by atoms with Gasteiger partial charge in [-0.15, -0.1) is 24.0 Å². The third kappa shape index (κ3) is 6.95. The molecule has 0 aliphatic carbocycles. The molecule has 0 aromatic heterocycles. The number of piperidine rings is 1. The Bertz CT molecular complexity index is 471. The van der Waals surface area contributed by atoms with E-state index in [9.17, 15) is 10.2 Å². The Balaban J connectivity index is 0.00000264. The summed E-state index contributed by atoms with van der Waals surface area (Å²) in [5.74, 6) is 1.27. The predicted octanol–water partition coefficient (Wildman–Crippen LogP) is 2.37. The van der Waals surface area contributed by atoms with Crippen molar-refractivity contribution < 1.29 is 10.2 Å². The lowest BCUT2D eigenvalue weighted by atomic mass is 10.1. The Morgan fingerprint density at radius 2 is 1.91 bits per heavy atom. The van der Waals surface area contributed by atoms with Gasteiger partial charge in [0.1, 0.15) is 5.75 Å². The fourth-order valence-electron chi connectivity index (χ4n) is 2.63. The van der Waals surface area contributed by atoms with E-state index in [2.05, 4.69) is 17.1 Å². The van der Waals surface area contributed by atoms with Crippen LogP contribution in [-0.2, 0) is 6.42 Å². The van der Waals surface area contributed by atoms with Crippen molar-refractivity contribution in [3.63, 3.8) is 0 Å². The first-order chi connectivity index (χ1) is 10.7. The normalized spacial score (nSPS) is 16.1. The molecule has 0 atom stereocenters. The van der Waals surface area contributed by atoms with E-state index in [1.165, 1.54) is 5.56 Å². The monoisotopic (exact) mass is 433 g/mol. The molecule has 2 rings (SSSR count). The molecule has 0 radical (unpaired) electrons. The maximum atomic E-state index is 9.59. The molecule has 0 bridgehead atoms. The van der Waals surface area contributed by atoms with E-state index in [0.29, 0.717) is 5.75 Å². The van der Waals surface area contributed by atoms with Gasteiger partial charge in [0.05, 0.1) is 6.10 Å². The topological polar surface area (TPSA) is 68.1 Å². The first-order valence-electron chi connectivity index (χ1n) is 8.18. The highest BCUT2D eigenvalue weighted by atomic mass is 127. The first-order valence-corrected chi connectivity index (χ1v) is 8.18. The smallest absolute Gasteiger partial charge is 0.193 e. The number of aromatic hydroxyl groups is 1. The van der Waals surface area contributed by atoms with E-state index in [4.69, 9.17) is 4.99 Å². The summed E-state index contributed by atoms with van der Waals surface area (Å²) in [7, 11) is 0. The Labute approximate surface area is 155 Å². The molecule has 1 fully saturated rings. The van der Waals surface area contributed by atoms with Crippen molar-refractivity contribution >= 4 is 29.9 Å². The van der Waals surface area contributed by atoms with E-state index in [1.807, 2.05) is 12.1 Å². The number of benzene rings is 1. The number of aliphatic hydroxyl groups excluding tert-OH is 1. The van der Waals surface area contributed by atoms with Crippen LogP contribution >= 0.6 is 24.0 Å². The minimum atomic E-state index is -0.159. The van der Waals surface area contributed by atoms with Crippen LogP contribution in [0.1, 0.15) is 31.7 Å². The molecule has 1 saturated heterocycles. The molecular formula is C17H28IN3O2. The van der Waals surface area contributed by atoms with Crippen LogP contribution in [0.4, 0.5) is 0 Å². The van der Waals surface area contributed by atoms with Gasteiger partial charge in [0, 0.05) is 26.2 Å². The summed E-state index contributed by atoms with van der Waals surface area (Å²) in [5, 5.41) is 22.2. The Morgan fingerprint density at radius 1 is 1.26 bits per heavy atom. The lowest BCUT2D eigenvalue weighted by Gasteiger charge is -2.32. The van der Waals surface area contributed by atoms with E-state index >= 15 is 0 Å². The highest BCUT2D eigenvalue weighted by Crippen LogP contribution is 2.12. The molecule has 1 aromatic rings. The zero-order chi connectivity index (χ0) is 15.8. The number of aryl methyl sites for hydroxylation is 1. The van der Waals surface area contributed by atoms with Crippen molar-refractivity contribution in [2.24, 2.45) is 4.99 Å². The Kier molecular flexibility index (Phi) is 9.31. The molecule has 1 aromatic carbocycles. The zero-order valence-corrected chi connectivity index (χ0v) is 16.1. The second-order valence-electron chi connectivity index (χ2n) is 5.72. The summed E-state index contributed by atoms with van der Waals surface area (Å²) >= 11 is 0. The van der Waals surface area contributed by atoms with E-state index in [1.54, 1.807) is 12.1 Å².